The molecule has 0 saturated carbocycles. The molecule has 1 aromatic rings. The Bertz CT molecular complexity index is 412. The van der Waals surface area contributed by atoms with Gasteiger partial charge in [-0.1, -0.05) is 39.8 Å². The summed E-state index contributed by atoms with van der Waals surface area (Å²) in [4.78, 5) is 0. The molecule has 2 unspecified atom stereocenters. The summed E-state index contributed by atoms with van der Waals surface area (Å²) < 4.78 is 14.1. The van der Waals surface area contributed by atoms with Gasteiger partial charge in [0.15, 0.2) is 0 Å². The van der Waals surface area contributed by atoms with E-state index in [0.29, 0.717) is 21.8 Å². The first kappa shape index (κ1) is 16.6. The van der Waals surface area contributed by atoms with E-state index in [4.69, 9.17) is 0 Å². The van der Waals surface area contributed by atoms with Gasteiger partial charge in [-0.2, -0.15) is 0 Å². The fraction of sp³-hybridized carbons (Fsp3) is 0.625. The molecule has 1 N–H and O–H groups in total. The highest BCUT2D eigenvalue weighted by molar-refractivity contribution is 9.10. The van der Waals surface area contributed by atoms with Gasteiger partial charge in [-0.05, 0) is 58.8 Å². The minimum absolute atomic E-state index is 0.184. The Morgan fingerprint density at radius 3 is 2.47 bits per heavy atom. The Morgan fingerprint density at radius 2 is 1.95 bits per heavy atom. The number of hydrogen-bond acceptors (Lipinski definition) is 1. The van der Waals surface area contributed by atoms with Crippen LogP contribution in [0, 0.1) is 17.2 Å². The van der Waals surface area contributed by atoms with Gasteiger partial charge in [0.05, 0.1) is 4.47 Å². The average Bonchev–Trinajstić information content (AvgIpc) is 2.32. The van der Waals surface area contributed by atoms with Crippen molar-refractivity contribution in [2.45, 2.75) is 46.6 Å². The smallest absolute Gasteiger partial charge is 0.137 e. The Balaban J connectivity index is 2.75. The highest BCUT2D eigenvalue weighted by Crippen LogP contribution is 2.30. The van der Waals surface area contributed by atoms with Crippen LogP contribution in [0.25, 0.3) is 0 Å². The van der Waals surface area contributed by atoms with E-state index in [1.54, 1.807) is 6.07 Å². The molecule has 0 aliphatic rings. The van der Waals surface area contributed by atoms with Crippen LogP contribution in [0.4, 0.5) is 4.39 Å². The fourth-order valence-electron chi connectivity index (χ4n) is 2.06. The van der Waals surface area contributed by atoms with E-state index in [2.05, 4.69) is 48.9 Å². The quantitative estimate of drug-likeness (QED) is 0.818. The van der Waals surface area contributed by atoms with Crippen LogP contribution in [0.2, 0.25) is 0 Å². The molecule has 1 rings (SSSR count). The van der Waals surface area contributed by atoms with Crippen molar-refractivity contribution in [3.8, 4) is 0 Å². The Hall–Kier alpha value is -0.410. The highest BCUT2D eigenvalue weighted by atomic mass is 79.9. The van der Waals surface area contributed by atoms with Crippen LogP contribution in [0.15, 0.2) is 22.7 Å². The maximum Gasteiger partial charge on any atom is 0.137 e. The van der Waals surface area contributed by atoms with Crippen molar-refractivity contribution in [3.63, 3.8) is 0 Å². The molecular weight excluding hydrogens is 305 g/mol. The van der Waals surface area contributed by atoms with Gasteiger partial charge in [0, 0.05) is 6.04 Å². The van der Waals surface area contributed by atoms with E-state index in [1.165, 1.54) is 6.07 Å². The average molecular weight is 330 g/mol. The largest absolute Gasteiger partial charge is 0.317 e. The number of nitrogens with one attached hydrogen (secondary N) is 1. The van der Waals surface area contributed by atoms with Crippen LogP contribution >= 0.6 is 15.9 Å². The van der Waals surface area contributed by atoms with E-state index in [-0.39, 0.29) is 5.82 Å². The van der Waals surface area contributed by atoms with Crippen LogP contribution in [0.1, 0.15) is 39.7 Å². The molecule has 19 heavy (non-hydrogen) atoms. The minimum Gasteiger partial charge on any atom is -0.317 e. The molecule has 0 fully saturated rings. The van der Waals surface area contributed by atoms with Gasteiger partial charge in [0.1, 0.15) is 5.82 Å². The molecule has 0 aliphatic carbocycles. The summed E-state index contributed by atoms with van der Waals surface area (Å²) in [5.74, 6) is 0.425. The minimum atomic E-state index is -0.184. The number of rotatable bonds is 5. The Labute approximate surface area is 125 Å². The molecule has 0 aromatic heterocycles. The molecule has 108 valence electrons. The monoisotopic (exact) mass is 329 g/mol. The van der Waals surface area contributed by atoms with Crippen molar-refractivity contribution in [1.82, 2.24) is 5.32 Å². The summed E-state index contributed by atoms with van der Waals surface area (Å²) in [6, 6.07) is 5.61. The van der Waals surface area contributed by atoms with Gasteiger partial charge < -0.3 is 5.32 Å². The SMILES string of the molecule is CNC(Cc1cccc(F)c1Br)CC(C)C(C)(C)C. The van der Waals surface area contributed by atoms with Crippen molar-refractivity contribution >= 4 is 15.9 Å². The van der Waals surface area contributed by atoms with Crippen molar-refractivity contribution in [2.24, 2.45) is 11.3 Å². The van der Waals surface area contributed by atoms with E-state index in [1.807, 2.05) is 13.1 Å². The molecule has 0 amide bonds. The van der Waals surface area contributed by atoms with Crippen molar-refractivity contribution in [1.29, 1.82) is 0 Å². The molecule has 0 spiro atoms. The molecule has 0 saturated heterocycles. The lowest BCUT2D eigenvalue weighted by Gasteiger charge is -2.31. The number of halogens is 2. The lowest BCUT2D eigenvalue weighted by Crippen LogP contribution is -2.33. The Morgan fingerprint density at radius 1 is 1.32 bits per heavy atom. The molecule has 1 aromatic carbocycles. The van der Waals surface area contributed by atoms with Gasteiger partial charge in [0.2, 0.25) is 0 Å². The van der Waals surface area contributed by atoms with Crippen LogP contribution in [-0.4, -0.2) is 13.1 Å². The molecule has 1 nitrogen and oxygen atoms in total. The summed E-state index contributed by atoms with van der Waals surface area (Å²) in [6.07, 6.45) is 1.93. The number of likely N-dealkylation sites (N-methyl/N-ethyl adjacent to an activating group) is 1. The molecular formula is C16H25BrFN. The van der Waals surface area contributed by atoms with E-state index in [9.17, 15) is 4.39 Å². The predicted molar refractivity (Wildman–Crippen MR) is 83.9 cm³/mol. The molecule has 0 aliphatic heterocycles. The zero-order valence-corrected chi connectivity index (χ0v) is 14.1. The van der Waals surface area contributed by atoms with E-state index in [0.717, 1.165) is 18.4 Å². The summed E-state index contributed by atoms with van der Waals surface area (Å²) in [7, 11) is 1.98. The summed E-state index contributed by atoms with van der Waals surface area (Å²) in [5, 5.41) is 3.36. The predicted octanol–water partition coefficient (Wildman–Crippen LogP) is 4.79. The lowest BCUT2D eigenvalue weighted by molar-refractivity contribution is 0.225. The first-order chi connectivity index (χ1) is 8.75. The van der Waals surface area contributed by atoms with Crippen LogP contribution < -0.4 is 5.32 Å². The second-order valence-electron chi connectivity index (χ2n) is 6.41. The van der Waals surface area contributed by atoms with Crippen LogP contribution in [-0.2, 0) is 6.42 Å². The first-order valence-corrected chi connectivity index (χ1v) is 7.65. The third-order valence-electron chi connectivity index (χ3n) is 4.02. The Kier molecular flexibility index (Phi) is 6.00. The lowest BCUT2D eigenvalue weighted by atomic mass is 9.78. The van der Waals surface area contributed by atoms with Gasteiger partial charge in [-0.15, -0.1) is 0 Å². The van der Waals surface area contributed by atoms with Gasteiger partial charge in [-0.25, -0.2) is 4.39 Å². The van der Waals surface area contributed by atoms with Gasteiger partial charge in [0.25, 0.3) is 0 Å². The second-order valence-corrected chi connectivity index (χ2v) is 7.20. The third kappa shape index (κ3) is 4.88. The van der Waals surface area contributed by atoms with Crippen molar-refractivity contribution in [3.05, 3.63) is 34.1 Å². The fourth-order valence-corrected chi connectivity index (χ4v) is 2.48. The normalized spacial score (nSPS) is 15.3. The molecule has 0 bridgehead atoms. The van der Waals surface area contributed by atoms with Crippen molar-refractivity contribution in [2.75, 3.05) is 7.05 Å². The molecule has 2 atom stereocenters. The van der Waals surface area contributed by atoms with E-state index >= 15 is 0 Å². The second kappa shape index (κ2) is 6.85. The van der Waals surface area contributed by atoms with Crippen LogP contribution in [0.3, 0.4) is 0 Å². The molecule has 0 radical (unpaired) electrons. The van der Waals surface area contributed by atoms with Crippen molar-refractivity contribution < 1.29 is 4.39 Å². The number of benzene rings is 1. The summed E-state index contributed by atoms with van der Waals surface area (Å²) >= 11 is 3.34. The topological polar surface area (TPSA) is 12.0 Å². The highest BCUT2D eigenvalue weighted by Gasteiger charge is 2.23. The zero-order chi connectivity index (χ0) is 14.6. The van der Waals surface area contributed by atoms with Gasteiger partial charge in [-0.3, -0.25) is 0 Å². The third-order valence-corrected chi connectivity index (χ3v) is 4.91. The molecule has 0 heterocycles. The molecule has 3 heteroatoms. The zero-order valence-electron chi connectivity index (χ0n) is 12.6. The first-order valence-electron chi connectivity index (χ1n) is 6.85. The summed E-state index contributed by atoms with van der Waals surface area (Å²) in [6.45, 7) is 9.08. The maximum absolute atomic E-state index is 13.5. The van der Waals surface area contributed by atoms with Gasteiger partial charge >= 0.3 is 0 Å². The maximum atomic E-state index is 13.5. The summed E-state index contributed by atoms with van der Waals surface area (Å²) in [5.41, 5.74) is 1.33. The number of hydrogen-bond donors (Lipinski definition) is 1. The van der Waals surface area contributed by atoms with E-state index < -0.39 is 0 Å². The standard InChI is InChI=1S/C16H25BrFN/c1-11(16(2,3)4)9-13(19-5)10-12-7-6-8-14(18)15(12)17/h6-8,11,13,19H,9-10H2,1-5H3. The van der Waals surface area contributed by atoms with Crippen LogP contribution in [0.5, 0.6) is 0 Å².